The Kier molecular flexibility index (Phi) is 7.51. The van der Waals surface area contributed by atoms with E-state index in [1.165, 1.54) is 25.9 Å². The smallest absolute Gasteiger partial charge is 0.254 e. The van der Waals surface area contributed by atoms with Gasteiger partial charge in [-0.15, -0.1) is 12.4 Å². The maximum atomic E-state index is 13.1. The molecule has 0 unspecified atom stereocenters. The second-order valence-electron chi connectivity index (χ2n) is 8.04. The Labute approximate surface area is 184 Å². The summed E-state index contributed by atoms with van der Waals surface area (Å²) in [5, 5.41) is 2.63. The molecular weight excluding hydrogens is 398 g/mol. The zero-order valence-electron chi connectivity index (χ0n) is 17.5. The van der Waals surface area contributed by atoms with E-state index < -0.39 is 0 Å². The van der Waals surface area contributed by atoms with Crippen LogP contribution >= 0.6 is 12.4 Å². The van der Waals surface area contributed by atoms with Crippen molar-refractivity contribution in [2.45, 2.75) is 31.7 Å². The molecule has 2 heterocycles. The van der Waals surface area contributed by atoms with Gasteiger partial charge in [-0.2, -0.15) is 0 Å². The van der Waals surface area contributed by atoms with Gasteiger partial charge in [0.2, 0.25) is 0 Å². The number of halogens is 1. The maximum absolute atomic E-state index is 13.1. The highest BCUT2D eigenvalue weighted by Crippen LogP contribution is 2.25. The lowest BCUT2D eigenvalue weighted by Crippen LogP contribution is -2.42. The van der Waals surface area contributed by atoms with Crippen LogP contribution < -0.4 is 5.32 Å². The van der Waals surface area contributed by atoms with E-state index >= 15 is 0 Å². The molecule has 2 aromatic rings. The van der Waals surface area contributed by atoms with Gasteiger partial charge in [-0.05, 0) is 74.2 Å². The molecule has 160 valence electrons. The van der Waals surface area contributed by atoms with Crippen molar-refractivity contribution in [3.63, 3.8) is 0 Å². The molecule has 30 heavy (non-hydrogen) atoms. The first-order chi connectivity index (χ1) is 14.2. The number of likely N-dealkylation sites (tertiary alicyclic amines) is 2. The van der Waals surface area contributed by atoms with Crippen molar-refractivity contribution in [3.8, 4) is 11.1 Å². The number of hydrogen-bond acceptors (Lipinski definition) is 3. The lowest BCUT2D eigenvalue weighted by atomic mass is 10.0. The molecule has 0 aromatic heterocycles. The number of amides is 2. The molecule has 2 aliphatic rings. The Bertz CT molecular complexity index is 861. The number of nitrogens with one attached hydrogen (secondary N) is 1. The summed E-state index contributed by atoms with van der Waals surface area (Å²) in [5.74, 6) is 0.0554. The van der Waals surface area contributed by atoms with Crippen LogP contribution in [0.5, 0.6) is 0 Å². The molecule has 4 rings (SSSR count). The molecule has 2 amide bonds. The standard InChI is InChI=1S/C24H29N3O2.ClH/c1-25-23(28)20-10-6-18(7-11-20)19-8-12-21(13-9-19)24(29)27-16-4-5-22(27)17-26-14-2-3-15-26;/h6-13,22H,2-5,14-17H2,1H3,(H,25,28);1H/t22-;/m0./s1. The molecule has 0 spiro atoms. The number of carbonyl (C=O) groups is 2. The van der Waals surface area contributed by atoms with E-state index in [1.807, 2.05) is 48.5 Å². The molecule has 5 nitrogen and oxygen atoms in total. The highest BCUT2D eigenvalue weighted by molar-refractivity contribution is 5.96. The third-order valence-corrected chi connectivity index (χ3v) is 6.14. The minimum Gasteiger partial charge on any atom is -0.355 e. The largest absolute Gasteiger partial charge is 0.355 e. The molecule has 1 N–H and O–H groups in total. The summed E-state index contributed by atoms with van der Waals surface area (Å²) in [6.07, 6.45) is 4.77. The second kappa shape index (κ2) is 10.1. The van der Waals surface area contributed by atoms with E-state index in [1.54, 1.807) is 7.05 Å². The average molecular weight is 428 g/mol. The van der Waals surface area contributed by atoms with Gasteiger partial charge in [0.15, 0.2) is 0 Å². The van der Waals surface area contributed by atoms with E-state index in [9.17, 15) is 9.59 Å². The molecule has 2 fully saturated rings. The fourth-order valence-corrected chi connectivity index (χ4v) is 4.49. The average Bonchev–Trinajstić information content (AvgIpc) is 3.45. The Morgan fingerprint density at radius 3 is 2.00 bits per heavy atom. The molecule has 2 aromatic carbocycles. The molecule has 0 bridgehead atoms. The fraction of sp³-hybridized carbons (Fsp3) is 0.417. The van der Waals surface area contributed by atoms with Crippen molar-refractivity contribution in [2.75, 3.05) is 33.2 Å². The number of nitrogens with zero attached hydrogens (tertiary/aromatic N) is 2. The van der Waals surface area contributed by atoms with Crippen LogP contribution in [0.1, 0.15) is 46.4 Å². The van der Waals surface area contributed by atoms with Crippen molar-refractivity contribution in [1.29, 1.82) is 0 Å². The molecular formula is C24H30ClN3O2. The van der Waals surface area contributed by atoms with Gasteiger partial charge < -0.3 is 15.1 Å². The highest BCUT2D eigenvalue weighted by Gasteiger charge is 2.31. The maximum Gasteiger partial charge on any atom is 0.254 e. The summed E-state index contributed by atoms with van der Waals surface area (Å²) >= 11 is 0. The summed E-state index contributed by atoms with van der Waals surface area (Å²) in [6, 6.07) is 15.7. The van der Waals surface area contributed by atoms with Crippen LogP contribution in [-0.4, -0.2) is 60.9 Å². The van der Waals surface area contributed by atoms with Crippen LogP contribution in [-0.2, 0) is 0 Å². The Balaban J connectivity index is 0.00000256. The first-order valence-corrected chi connectivity index (χ1v) is 10.6. The molecule has 0 saturated carbocycles. The van der Waals surface area contributed by atoms with Crippen molar-refractivity contribution in [1.82, 2.24) is 15.1 Å². The van der Waals surface area contributed by atoms with Crippen molar-refractivity contribution in [3.05, 3.63) is 59.7 Å². The minimum absolute atomic E-state index is 0. The minimum atomic E-state index is -0.0911. The van der Waals surface area contributed by atoms with Crippen LogP contribution in [0.15, 0.2) is 48.5 Å². The quantitative estimate of drug-likeness (QED) is 0.788. The molecule has 0 radical (unpaired) electrons. The van der Waals surface area contributed by atoms with E-state index in [2.05, 4.69) is 15.1 Å². The summed E-state index contributed by atoms with van der Waals surface area (Å²) in [7, 11) is 1.63. The fourth-order valence-electron chi connectivity index (χ4n) is 4.49. The number of carbonyl (C=O) groups excluding carboxylic acids is 2. The van der Waals surface area contributed by atoms with E-state index in [-0.39, 0.29) is 24.2 Å². The molecule has 0 aliphatic carbocycles. The van der Waals surface area contributed by atoms with Gasteiger partial charge in [0.05, 0.1) is 0 Å². The predicted molar refractivity (Wildman–Crippen MR) is 122 cm³/mol. The monoisotopic (exact) mass is 427 g/mol. The SMILES string of the molecule is CNC(=O)c1ccc(-c2ccc(C(=O)N3CCC[C@H]3CN3CCCC3)cc2)cc1.Cl. The van der Waals surface area contributed by atoms with Gasteiger partial charge in [-0.3, -0.25) is 9.59 Å². The van der Waals surface area contributed by atoms with E-state index in [0.717, 1.165) is 42.6 Å². The Morgan fingerprint density at radius 2 is 1.43 bits per heavy atom. The van der Waals surface area contributed by atoms with Crippen LogP contribution in [0, 0.1) is 0 Å². The summed E-state index contributed by atoms with van der Waals surface area (Å²) in [4.78, 5) is 29.4. The summed E-state index contributed by atoms with van der Waals surface area (Å²) in [6.45, 7) is 4.22. The van der Waals surface area contributed by atoms with Gasteiger partial charge in [-0.1, -0.05) is 24.3 Å². The van der Waals surface area contributed by atoms with Gasteiger partial charge >= 0.3 is 0 Å². The number of benzene rings is 2. The zero-order chi connectivity index (χ0) is 20.2. The van der Waals surface area contributed by atoms with Gasteiger partial charge in [0, 0.05) is 37.3 Å². The van der Waals surface area contributed by atoms with Crippen LogP contribution in [0.2, 0.25) is 0 Å². The third kappa shape index (κ3) is 4.85. The predicted octanol–water partition coefficient (Wildman–Crippen LogP) is 3.84. The molecule has 2 saturated heterocycles. The van der Waals surface area contributed by atoms with E-state index in [4.69, 9.17) is 0 Å². The molecule has 1 atom stereocenters. The highest BCUT2D eigenvalue weighted by atomic mass is 35.5. The lowest BCUT2D eigenvalue weighted by molar-refractivity contribution is 0.0708. The van der Waals surface area contributed by atoms with Gasteiger partial charge in [0.1, 0.15) is 0 Å². The van der Waals surface area contributed by atoms with Crippen LogP contribution in [0.3, 0.4) is 0 Å². The summed E-state index contributed by atoms with van der Waals surface area (Å²) in [5.41, 5.74) is 3.47. The first kappa shape index (κ1) is 22.3. The number of hydrogen-bond donors (Lipinski definition) is 1. The Morgan fingerprint density at radius 1 is 0.867 bits per heavy atom. The number of rotatable bonds is 5. The zero-order valence-corrected chi connectivity index (χ0v) is 18.3. The lowest BCUT2D eigenvalue weighted by Gasteiger charge is -2.28. The normalized spacial score (nSPS) is 18.8. The Hall–Kier alpha value is -2.37. The first-order valence-electron chi connectivity index (χ1n) is 10.6. The van der Waals surface area contributed by atoms with Crippen molar-refractivity contribution in [2.24, 2.45) is 0 Å². The van der Waals surface area contributed by atoms with Crippen LogP contribution in [0.25, 0.3) is 11.1 Å². The van der Waals surface area contributed by atoms with Crippen molar-refractivity contribution >= 4 is 24.2 Å². The van der Waals surface area contributed by atoms with E-state index in [0.29, 0.717) is 11.6 Å². The third-order valence-electron chi connectivity index (χ3n) is 6.14. The second-order valence-corrected chi connectivity index (χ2v) is 8.04. The molecule has 6 heteroatoms. The van der Waals surface area contributed by atoms with Crippen LogP contribution in [0.4, 0.5) is 0 Å². The molecule has 2 aliphatic heterocycles. The topological polar surface area (TPSA) is 52.7 Å². The van der Waals surface area contributed by atoms with Crippen molar-refractivity contribution < 1.29 is 9.59 Å². The van der Waals surface area contributed by atoms with Gasteiger partial charge in [0.25, 0.3) is 11.8 Å². The summed E-state index contributed by atoms with van der Waals surface area (Å²) < 4.78 is 0. The van der Waals surface area contributed by atoms with Gasteiger partial charge in [-0.25, -0.2) is 0 Å².